The van der Waals surface area contributed by atoms with Gasteiger partial charge in [0.1, 0.15) is 0 Å². The van der Waals surface area contributed by atoms with Crippen LogP contribution >= 0.6 is 0 Å². The van der Waals surface area contributed by atoms with Gasteiger partial charge in [-0.05, 0) is 50.8 Å². The summed E-state index contributed by atoms with van der Waals surface area (Å²) in [5, 5.41) is 9.08. The first kappa shape index (κ1) is 11.8. The number of aliphatic carboxylic acids is 1. The Hall–Kier alpha value is -1.31. The second-order valence-corrected chi connectivity index (χ2v) is 4.74. The molecule has 0 fully saturated rings. The van der Waals surface area contributed by atoms with E-state index in [1.807, 2.05) is 32.0 Å². The first-order valence-electron chi connectivity index (χ1n) is 5.13. The van der Waals surface area contributed by atoms with Crippen LogP contribution in [-0.2, 0) is 11.2 Å². The monoisotopic (exact) mass is 206 g/mol. The van der Waals surface area contributed by atoms with Crippen molar-refractivity contribution in [2.24, 2.45) is 5.41 Å². The minimum atomic E-state index is -0.745. The van der Waals surface area contributed by atoms with Crippen molar-refractivity contribution in [1.29, 1.82) is 0 Å². The number of hydrogen-bond donors (Lipinski definition) is 1. The molecule has 0 heterocycles. The lowest BCUT2D eigenvalue weighted by Gasteiger charge is -2.21. The summed E-state index contributed by atoms with van der Waals surface area (Å²) in [4.78, 5) is 11.0. The second kappa shape index (κ2) is 4.05. The molecule has 0 radical (unpaired) electrons. The van der Waals surface area contributed by atoms with E-state index < -0.39 is 11.4 Å². The molecule has 2 nitrogen and oxygen atoms in total. The van der Waals surface area contributed by atoms with Crippen molar-refractivity contribution in [2.75, 3.05) is 0 Å². The normalized spacial score (nSPS) is 11.5. The number of benzene rings is 1. The van der Waals surface area contributed by atoms with E-state index in [0.717, 1.165) is 5.56 Å². The molecule has 0 atom stereocenters. The van der Waals surface area contributed by atoms with Crippen molar-refractivity contribution in [3.8, 4) is 0 Å². The van der Waals surface area contributed by atoms with Crippen LogP contribution in [0.5, 0.6) is 0 Å². The highest BCUT2D eigenvalue weighted by Crippen LogP contribution is 2.26. The van der Waals surface area contributed by atoms with Crippen molar-refractivity contribution < 1.29 is 9.90 Å². The molecule has 0 amide bonds. The molecule has 0 aliphatic rings. The van der Waals surface area contributed by atoms with Gasteiger partial charge >= 0.3 is 5.97 Å². The molecule has 0 aliphatic carbocycles. The zero-order valence-corrected chi connectivity index (χ0v) is 9.79. The van der Waals surface area contributed by atoms with Crippen LogP contribution in [0.25, 0.3) is 0 Å². The first-order chi connectivity index (χ1) is 6.84. The van der Waals surface area contributed by atoms with E-state index >= 15 is 0 Å². The van der Waals surface area contributed by atoms with Crippen molar-refractivity contribution >= 4 is 5.97 Å². The Bertz CT molecular complexity index is 358. The SMILES string of the molecule is Cc1cccc(C)c1CC(C)(C)C(=O)O. The molecule has 0 spiro atoms. The van der Waals surface area contributed by atoms with E-state index in [2.05, 4.69) is 0 Å². The number of aryl methyl sites for hydroxylation is 2. The zero-order chi connectivity index (χ0) is 11.6. The lowest BCUT2D eigenvalue weighted by atomic mass is 9.83. The lowest BCUT2D eigenvalue weighted by Crippen LogP contribution is -2.26. The summed E-state index contributed by atoms with van der Waals surface area (Å²) in [7, 11) is 0. The van der Waals surface area contributed by atoms with Gasteiger partial charge < -0.3 is 5.11 Å². The van der Waals surface area contributed by atoms with Crippen LogP contribution in [0.2, 0.25) is 0 Å². The zero-order valence-electron chi connectivity index (χ0n) is 9.79. The highest BCUT2D eigenvalue weighted by atomic mass is 16.4. The fourth-order valence-corrected chi connectivity index (χ4v) is 1.65. The maximum Gasteiger partial charge on any atom is 0.309 e. The highest BCUT2D eigenvalue weighted by molar-refractivity contribution is 5.74. The molecule has 1 aromatic carbocycles. The third-order valence-electron chi connectivity index (χ3n) is 2.84. The quantitative estimate of drug-likeness (QED) is 0.825. The van der Waals surface area contributed by atoms with Crippen LogP contribution in [0.4, 0.5) is 0 Å². The van der Waals surface area contributed by atoms with Gasteiger partial charge in [-0.3, -0.25) is 4.79 Å². The maximum atomic E-state index is 11.0. The highest BCUT2D eigenvalue weighted by Gasteiger charge is 2.28. The number of carboxylic acids is 1. The van der Waals surface area contributed by atoms with Crippen LogP contribution < -0.4 is 0 Å². The summed E-state index contributed by atoms with van der Waals surface area (Å²) in [5.74, 6) is -0.745. The molecule has 1 N–H and O–H groups in total. The van der Waals surface area contributed by atoms with E-state index in [0.29, 0.717) is 6.42 Å². The Morgan fingerprint density at radius 1 is 1.27 bits per heavy atom. The van der Waals surface area contributed by atoms with Gasteiger partial charge in [-0.25, -0.2) is 0 Å². The average Bonchev–Trinajstić information content (AvgIpc) is 2.11. The molecule has 1 aromatic rings. The summed E-state index contributed by atoms with van der Waals surface area (Å²) < 4.78 is 0. The van der Waals surface area contributed by atoms with Crippen molar-refractivity contribution in [3.05, 3.63) is 34.9 Å². The Morgan fingerprint density at radius 2 is 1.73 bits per heavy atom. The van der Waals surface area contributed by atoms with Crippen LogP contribution in [-0.4, -0.2) is 11.1 Å². The van der Waals surface area contributed by atoms with Gasteiger partial charge in [0.2, 0.25) is 0 Å². The van der Waals surface area contributed by atoms with Crippen LogP contribution in [0, 0.1) is 19.3 Å². The molecule has 1 rings (SSSR count). The molecule has 0 saturated heterocycles. The number of carboxylic acid groups (broad SMARTS) is 1. The largest absolute Gasteiger partial charge is 0.481 e. The standard InChI is InChI=1S/C13H18O2/c1-9-6-5-7-10(2)11(9)8-13(3,4)12(14)15/h5-7H,8H2,1-4H3,(H,14,15). The van der Waals surface area contributed by atoms with E-state index in [4.69, 9.17) is 5.11 Å². The molecule has 0 aromatic heterocycles. The minimum absolute atomic E-state index is 0.584. The third kappa shape index (κ3) is 2.58. The van der Waals surface area contributed by atoms with Gasteiger partial charge in [0.05, 0.1) is 5.41 Å². The molecule has 82 valence electrons. The summed E-state index contributed by atoms with van der Waals surface area (Å²) in [6.45, 7) is 7.59. The fraction of sp³-hybridized carbons (Fsp3) is 0.462. The molecule has 2 heteroatoms. The summed E-state index contributed by atoms with van der Waals surface area (Å²) in [6, 6.07) is 6.06. The van der Waals surface area contributed by atoms with Gasteiger partial charge in [-0.15, -0.1) is 0 Å². The summed E-state index contributed by atoms with van der Waals surface area (Å²) >= 11 is 0. The minimum Gasteiger partial charge on any atom is -0.481 e. The molecular weight excluding hydrogens is 188 g/mol. The van der Waals surface area contributed by atoms with Crippen molar-refractivity contribution in [3.63, 3.8) is 0 Å². The molecule has 15 heavy (non-hydrogen) atoms. The smallest absolute Gasteiger partial charge is 0.309 e. The molecule has 0 aliphatic heterocycles. The van der Waals surface area contributed by atoms with Gasteiger partial charge in [0.15, 0.2) is 0 Å². The van der Waals surface area contributed by atoms with Crippen molar-refractivity contribution in [1.82, 2.24) is 0 Å². The van der Waals surface area contributed by atoms with E-state index in [9.17, 15) is 4.79 Å². The van der Waals surface area contributed by atoms with Gasteiger partial charge in [0, 0.05) is 0 Å². The fourth-order valence-electron chi connectivity index (χ4n) is 1.65. The van der Waals surface area contributed by atoms with Crippen molar-refractivity contribution in [2.45, 2.75) is 34.1 Å². The van der Waals surface area contributed by atoms with Gasteiger partial charge in [0.25, 0.3) is 0 Å². The van der Waals surface area contributed by atoms with E-state index in [-0.39, 0.29) is 0 Å². The number of rotatable bonds is 3. The molecular formula is C13H18O2. The van der Waals surface area contributed by atoms with Gasteiger partial charge in [-0.1, -0.05) is 18.2 Å². The maximum absolute atomic E-state index is 11.0. The summed E-state index contributed by atoms with van der Waals surface area (Å²) in [6.07, 6.45) is 0.584. The first-order valence-corrected chi connectivity index (χ1v) is 5.13. The Morgan fingerprint density at radius 3 is 2.13 bits per heavy atom. The molecule has 0 saturated carbocycles. The Balaban J connectivity index is 3.04. The Kier molecular flexibility index (Phi) is 3.18. The number of hydrogen-bond acceptors (Lipinski definition) is 1. The predicted octanol–water partition coefficient (Wildman–Crippen LogP) is 2.96. The topological polar surface area (TPSA) is 37.3 Å². The van der Waals surface area contributed by atoms with Crippen LogP contribution in [0.1, 0.15) is 30.5 Å². The van der Waals surface area contributed by atoms with Gasteiger partial charge in [-0.2, -0.15) is 0 Å². The number of carbonyl (C=O) groups is 1. The molecule has 0 bridgehead atoms. The summed E-state index contributed by atoms with van der Waals surface area (Å²) in [5.41, 5.74) is 2.80. The molecule has 0 unspecified atom stereocenters. The average molecular weight is 206 g/mol. The van der Waals surface area contributed by atoms with Crippen LogP contribution in [0.15, 0.2) is 18.2 Å². The third-order valence-corrected chi connectivity index (χ3v) is 2.84. The second-order valence-electron chi connectivity index (χ2n) is 4.74. The lowest BCUT2D eigenvalue weighted by molar-refractivity contribution is -0.146. The van der Waals surface area contributed by atoms with E-state index in [1.165, 1.54) is 11.1 Å². The predicted molar refractivity (Wildman–Crippen MR) is 61.0 cm³/mol. The van der Waals surface area contributed by atoms with Crippen LogP contribution in [0.3, 0.4) is 0 Å². The Labute approximate surface area is 90.9 Å². The van der Waals surface area contributed by atoms with E-state index in [1.54, 1.807) is 13.8 Å².